The molecule has 2 N–H and O–H groups in total. The molecule has 6 heteroatoms. The molecular formula is C17H17BrN2O3. The van der Waals surface area contributed by atoms with Crippen molar-refractivity contribution in [2.45, 2.75) is 13.3 Å². The molecule has 2 rings (SSSR count). The Kier molecular flexibility index (Phi) is 6.17. The Morgan fingerprint density at radius 3 is 2.39 bits per heavy atom. The van der Waals surface area contributed by atoms with Crippen molar-refractivity contribution in [3.05, 3.63) is 64.1 Å². The van der Waals surface area contributed by atoms with Gasteiger partial charge in [-0.1, -0.05) is 24.3 Å². The molecule has 120 valence electrons. The fraction of sp³-hybridized carbons (Fsp3) is 0.176. The van der Waals surface area contributed by atoms with Gasteiger partial charge in [0.25, 0.3) is 5.91 Å². The van der Waals surface area contributed by atoms with E-state index in [0.717, 1.165) is 11.3 Å². The van der Waals surface area contributed by atoms with Crippen molar-refractivity contribution in [2.75, 3.05) is 6.61 Å². The van der Waals surface area contributed by atoms with Gasteiger partial charge in [0.1, 0.15) is 5.75 Å². The smallest absolute Gasteiger partial charge is 0.270 e. The largest absolute Gasteiger partial charge is 0.494 e. The van der Waals surface area contributed by atoms with Crippen molar-refractivity contribution in [3.8, 4) is 5.75 Å². The highest BCUT2D eigenvalue weighted by atomic mass is 79.9. The normalized spacial score (nSPS) is 10.0. The summed E-state index contributed by atoms with van der Waals surface area (Å²) < 4.78 is 6.01. The number of hydrogen-bond acceptors (Lipinski definition) is 3. The molecule has 2 aromatic carbocycles. The number of hydrazine groups is 1. The Hall–Kier alpha value is -2.34. The zero-order chi connectivity index (χ0) is 16.7. The number of hydrogen-bond donors (Lipinski definition) is 2. The zero-order valence-electron chi connectivity index (χ0n) is 12.6. The van der Waals surface area contributed by atoms with E-state index in [4.69, 9.17) is 4.74 Å². The predicted molar refractivity (Wildman–Crippen MR) is 91.1 cm³/mol. The van der Waals surface area contributed by atoms with E-state index in [1.165, 1.54) is 0 Å². The van der Waals surface area contributed by atoms with Crippen LogP contribution >= 0.6 is 15.9 Å². The van der Waals surface area contributed by atoms with E-state index in [1.807, 2.05) is 37.3 Å². The second-order valence-corrected chi connectivity index (χ2v) is 5.59. The van der Waals surface area contributed by atoms with Crippen LogP contribution in [0, 0.1) is 0 Å². The van der Waals surface area contributed by atoms with Crippen molar-refractivity contribution in [2.24, 2.45) is 0 Å². The zero-order valence-corrected chi connectivity index (χ0v) is 14.2. The molecule has 0 fully saturated rings. The molecule has 0 bridgehead atoms. The first-order chi connectivity index (χ1) is 11.1. The van der Waals surface area contributed by atoms with Crippen molar-refractivity contribution in [1.29, 1.82) is 0 Å². The van der Waals surface area contributed by atoms with Crippen LogP contribution in [0.15, 0.2) is 53.0 Å². The fourth-order valence-corrected chi connectivity index (χ4v) is 2.40. The van der Waals surface area contributed by atoms with Crippen LogP contribution in [0.3, 0.4) is 0 Å². The lowest BCUT2D eigenvalue weighted by Gasteiger charge is -2.09. The molecule has 2 aromatic rings. The van der Waals surface area contributed by atoms with Crippen LogP contribution < -0.4 is 15.6 Å². The van der Waals surface area contributed by atoms with Gasteiger partial charge in [0, 0.05) is 4.47 Å². The van der Waals surface area contributed by atoms with Crippen molar-refractivity contribution >= 4 is 27.7 Å². The quantitative estimate of drug-likeness (QED) is 0.788. The number of halogens is 1. The van der Waals surface area contributed by atoms with Crippen LogP contribution in [0.5, 0.6) is 5.75 Å². The number of amides is 2. The minimum atomic E-state index is -0.377. The van der Waals surface area contributed by atoms with E-state index in [1.54, 1.807) is 18.2 Å². The lowest BCUT2D eigenvalue weighted by molar-refractivity contribution is -0.121. The monoisotopic (exact) mass is 376 g/mol. The first-order valence-corrected chi connectivity index (χ1v) is 7.95. The number of benzene rings is 2. The Morgan fingerprint density at radius 1 is 1.04 bits per heavy atom. The SMILES string of the molecule is CCOc1ccc(CC(=O)NNC(=O)c2ccccc2Br)cc1. The molecule has 0 aromatic heterocycles. The molecule has 0 aliphatic heterocycles. The van der Waals surface area contributed by atoms with Gasteiger partial charge in [0.2, 0.25) is 5.91 Å². The molecule has 5 nitrogen and oxygen atoms in total. The number of ether oxygens (including phenoxy) is 1. The standard InChI is InChI=1S/C17H17BrN2O3/c1-2-23-13-9-7-12(8-10-13)11-16(21)19-20-17(22)14-5-3-4-6-15(14)18/h3-10H,2,11H2,1H3,(H,19,21)(H,20,22). The predicted octanol–water partition coefficient (Wildman–Crippen LogP) is 2.85. The lowest BCUT2D eigenvalue weighted by atomic mass is 10.1. The molecular weight excluding hydrogens is 360 g/mol. The van der Waals surface area contributed by atoms with Crippen LogP contribution in [0.1, 0.15) is 22.8 Å². The molecule has 0 heterocycles. The molecule has 23 heavy (non-hydrogen) atoms. The van der Waals surface area contributed by atoms with Gasteiger partial charge < -0.3 is 4.74 Å². The maximum atomic E-state index is 12.0. The second kappa shape index (κ2) is 8.33. The van der Waals surface area contributed by atoms with Gasteiger partial charge in [-0.05, 0) is 52.7 Å². The van der Waals surface area contributed by atoms with Crippen molar-refractivity contribution in [1.82, 2.24) is 10.9 Å². The Labute approximate surface area is 143 Å². The Balaban J connectivity index is 1.85. The molecule has 0 aliphatic carbocycles. The number of nitrogens with one attached hydrogen (secondary N) is 2. The maximum Gasteiger partial charge on any atom is 0.270 e. The molecule has 0 atom stereocenters. The van der Waals surface area contributed by atoms with Gasteiger partial charge in [-0.3, -0.25) is 20.4 Å². The summed E-state index contributed by atoms with van der Waals surface area (Å²) in [5.41, 5.74) is 6.09. The molecule has 2 amide bonds. The van der Waals surface area contributed by atoms with Gasteiger partial charge >= 0.3 is 0 Å². The maximum absolute atomic E-state index is 12.0. The molecule has 0 aliphatic rings. The molecule has 0 saturated heterocycles. The first-order valence-electron chi connectivity index (χ1n) is 7.15. The summed E-state index contributed by atoms with van der Waals surface area (Å²) in [6, 6.07) is 14.2. The van der Waals surface area contributed by atoms with Crippen molar-refractivity contribution < 1.29 is 14.3 Å². The third-order valence-corrected chi connectivity index (χ3v) is 3.72. The summed E-state index contributed by atoms with van der Waals surface area (Å²) in [4.78, 5) is 23.8. The molecule has 0 radical (unpaired) electrons. The van der Waals surface area contributed by atoms with Crippen LogP contribution in [-0.2, 0) is 11.2 Å². The van der Waals surface area contributed by atoms with Gasteiger partial charge in [0.05, 0.1) is 18.6 Å². The van der Waals surface area contributed by atoms with Crippen LogP contribution in [0.25, 0.3) is 0 Å². The average molecular weight is 377 g/mol. The number of rotatable bonds is 5. The Bertz CT molecular complexity index is 686. The van der Waals surface area contributed by atoms with E-state index in [0.29, 0.717) is 16.6 Å². The van der Waals surface area contributed by atoms with Crippen molar-refractivity contribution in [3.63, 3.8) is 0 Å². The topological polar surface area (TPSA) is 67.4 Å². The highest BCUT2D eigenvalue weighted by Gasteiger charge is 2.10. The third-order valence-electron chi connectivity index (χ3n) is 3.03. The van der Waals surface area contributed by atoms with E-state index >= 15 is 0 Å². The fourth-order valence-electron chi connectivity index (χ4n) is 1.94. The highest BCUT2D eigenvalue weighted by molar-refractivity contribution is 9.10. The van der Waals surface area contributed by atoms with Gasteiger partial charge in [0.15, 0.2) is 0 Å². The van der Waals surface area contributed by atoms with E-state index in [2.05, 4.69) is 26.8 Å². The highest BCUT2D eigenvalue weighted by Crippen LogP contribution is 2.15. The lowest BCUT2D eigenvalue weighted by Crippen LogP contribution is -2.42. The van der Waals surface area contributed by atoms with Crippen LogP contribution in [0.4, 0.5) is 0 Å². The third kappa shape index (κ3) is 5.10. The summed E-state index contributed by atoms with van der Waals surface area (Å²) in [6.45, 7) is 2.51. The van der Waals surface area contributed by atoms with Gasteiger partial charge in [-0.2, -0.15) is 0 Å². The summed E-state index contributed by atoms with van der Waals surface area (Å²) in [6.07, 6.45) is 0.169. The van der Waals surface area contributed by atoms with E-state index in [9.17, 15) is 9.59 Å². The first kappa shape index (κ1) is 17.0. The minimum Gasteiger partial charge on any atom is -0.494 e. The summed E-state index contributed by atoms with van der Waals surface area (Å²) in [7, 11) is 0. The van der Waals surface area contributed by atoms with Gasteiger partial charge in [-0.15, -0.1) is 0 Å². The van der Waals surface area contributed by atoms with Gasteiger partial charge in [-0.25, -0.2) is 0 Å². The van der Waals surface area contributed by atoms with E-state index in [-0.39, 0.29) is 18.2 Å². The number of carbonyl (C=O) groups excluding carboxylic acids is 2. The molecule has 0 saturated carbocycles. The average Bonchev–Trinajstić information content (AvgIpc) is 2.55. The summed E-state index contributed by atoms with van der Waals surface area (Å²) in [5, 5.41) is 0. The minimum absolute atomic E-state index is 0.169. The summed E-state index contributed by atoms with van der Waals surface area (Å²) >= 11 is 3.29. The summed E-state index contributed by atoms with van der Waals surface area (Å²) in [5.74, 6) is 0.0889. The molecule has 0 unspecified atom stereocenters. The van der Waals surface area contributed by atoms with Crippen LogP contribution in [-0.4, -0.2) is 18.4 Å². The Morgan fingerprint density at radius 2 is 1.74 bits per heavy atom. The molecule has 0 spiro atoms. The van der Waals surface area contributed by atoms with E-state index < -0.39 is 0 Å². The second-order valence-electron chi connectivity index (χ2n) is 4.74. The number of carbonyl (C=O) groups is 2. The van der Waals surface area contributed by atoms with Crippen LogP contribution in [0.2, 0.25) is 0 Å².